The van der Waals surface area contributed by atoms with Crippen molar-refractivity contribution in [3.8, 4) is 0 Å². The molecule has 23 heavy (non-hydrogen) atoms. The van der Waals surface area contributed by atoms with Gasteiger partial charge in [-0.2, -0.15) is 0 Å². The van der Waals surface area contributed by atoms with Crippen LogP contribution in [0.4, 0.5) is 10.5 Å². The molecule has 0 heterocycles. The molecule has 3 N–H and O–H groups in total. The van der Waals surface area contributed by atoms with Crippen LogP contribution in [0.5, 0.6) is 0 Å². The third kappa shape index (κ3) is 7.59. The summed E-state index contributed by atoms with van der Waals surface area (Å²) in [6, 6.07) is 3.15. The largest absolute Gasteiger partial charge is 0.450 e. The first-order valence-corrected chi connectivity index (χ1v) is 7.75. The van der Waals surface area contributed by atoms with E-state index < -0.39 is 12.2 Å². The molecule has 0 aliphatic heterocycles. The van der Waals surface area contributed by atoms with Crippen molar-refractivity contribution in [3.05, 3.63) is 27.7 Å². The van der Waals surface area contributed by atoms with Gasteiger partial charge in [-0.25, -0.2) is 4.79 Å². The number of halogens is 3. The Labute approximate surface area is 153 Å². The number of aliphatic hydroxyl groups excluding tert-OH is 1. The number of ether oxygens (including phenoxy) is 1. The molecule has 132 valence electrons. The van der Waals surface area contributed by atoms with Crippen LogP contribution in [0.3, 0.4) is 0 Å². The zero-order valence-corrected chi connectivity index (χ0v) is 15.9. The van der Waals surface area contributed by atoms with E-state index >= 15 is 0 Å². The lowest BCUT2D eigenvalue weighted by atomic mass is 10.1. The van der Waals surface area contributed by atoms with E-state index in [-0.39, 0.29) is 40.3 Å². The molecule has 1 aromatic rings. The molecule has 1 atom stereocenters. The third-order valence-corrected chi connectivity index (χ3v) is 3.37. The van der Waals surface area contributed by atoms with Gasteiger partial charge in [-0.05, 0) is 45.4 Å². The molecule has 0 bridgehead atoms. The molecule has 0 aliphatic rings. The number of benzene rings is 1. The maximum atomic E-state index is 11.4. The molecule has 5 nitrogen and oxygen atoms in total. The van der Waals surface area contributed by atoms with Crippen molar-refractivity contribution in [2.75, 3.05) is 18.5 Å². The van der Waals surface area contributed by atoms with E-state index in [0.717, 1.165) is 0 Å². The Balaban J connectivity index is 0.00000484. The Bertz CT molecular complexity index is 510. The van der Waals surface area contributed by atoms with Crippen LogP contribution in [-0.4, -0.2) is 29.9 Å². The fraction of sp³-hybridized carbons (Fsp3) is 0.533. The molecule has 0 aromatic heterocycles. The molecular formula is C15H23Cl3N2O3. The van der Waals surface area contributed by atoms with Crippen molar-refractivity contribution < 1.29 is 14.6 Å². The van der Waals surface area contributed by atoms with Gasteiger partial charge in [0.15, 0.2) is 0 Å². The second-order valence-electron chi connectivity index (χ2n) is 5.85. The first kappa shape index (κ1) is 22.3. The highest BCUT2D eigenvalue weighted by Crippen LogP contribution is 2.34. The smallest absolute Gasteiger partial charge is 0.411 e. The highest BCUT2D eigenvalue weighted by molar-refractivity contribution is 6.39. The summed E-state index contributed by atoms with van der Waals surface area (Å²) in [6.07, 6.45) is -1.39. The number of carbonyl (C=O) groups is 1. The monoisotopic (exact) mass is 384 g/mol. The number of hydrogen-bond acceptors (Lipinski definition) is 4. The van der Waals surface area contributed by atoms with Crippen LogP contribution in [0, 0.1) is 0 Å². The number of rotatable bonds is 5. The molecule has 8 heteroatoms. The van der Waals surface area contributed by atoms with Crippen LogP contribution < -0.4 is 10.6 Å². The van der Waals surface area contributed by atoms with Gasteiger partial charge in [0.05, 0.1) is 28.4 Å². The number of anilines is 1. The Morgan fingerprint density at radius 3 is 2.26 bits per heavy atom. The second-order valence-corrected chi connectivity index (χ2v) is 6.67. The van der Waals surface area contributed by atoms with Crippen molar-refractivity contribution in [1.82, 2.24) is 5.32 Å². The number of aliphatic hydroxyl groups is 1. The summed E-state index contributed by atoms with van der Waals surface area (Å²) in [5.74, 6) is 0. The number of β-amino-alcohol motifs (C(OH)–C–C–N with tert-alkyl or cyclic N) is 1. The highest BCUT2D eigenvalue weighted by Gasteiger charge is 2.17. The summed E-state index contributed by atoms with van der Waals surface area (Å²) in [4.78, 5) is 11.4. The molecule has 0 aliphatic carbocycles. The molecule has 0 saturated carbocycles. The van der Waals surface area contributed by atoms with E-state index in [9.17, 15) is 9.90 Å². The first-order chi connectivity index (χ1) is 10.1. The fourth-order valence-corrected chi connectivity index (χ4v) is 2.29. The summed E-state index contributed by atoms with van der Waals surface area (Å²) in [5, 5.41) is 16.4. The minimum absolute atomic E-state index is 0. The first-order valence-electron chi connectivity index (χ1n) is 7.00. The second kappa shape index (κ2) is 9.55. The summed E-state index contributed by atoms with van der Waals surface area (Å²) >= 11 is 12.3. The molecule has 0 spiro atoms. The Kier molecular flexibility index (Phi) is 9.25. The van der Waals surface area contributed by atoms with E-state index in [1.807, 2.05) is 20.8 Å². The molecule has 0 radical (unpaired) electrons. The van der Waals surface area contributed by atoms with E-state index in [1.165, 1.54) is 0 Å². The van der Waals surface area contributed by atoms with Crippen LogP contribution in [0.1, 0.15) is 39.4 Å². The zero-order valence-electron chi connectivity index (χ0n) is 13.6. The molecule has 1 aromatic carbocycles. The lowest BCUT2D eigenvalue weighted by Gasteiger charge is -2.23. The predicted molar refractivity (Wildman–Crippen MR) is 97.1 cm³/mol. The maximum absolute atomic E-state index is 11.4. The zero-order chi connectivity index (χ0) is 16.9. The summed E-state index contributed by atoms with van der Waals surface area (Å²) in [5.41, 5.74) is 0.725. The van der Waals surface area contributed by atoms with Gasteiger partial charge in [0.2, 0.25) is 0 Å². The van der Waals surface area contributed by atoms with E-state index in [1.54, 1.807) is 19.1 Å². The Morgan fingerprint density at radius 1 is 1.30 bits per heavy atom. The lowest BCUT2D eigenvalue weighted by Crippen LogP contribution is -2.38. The van der Waals surface area contributed by atoms with Crippen molar-refractivity contribution in [2.45, 2.75) is 39.3 Å². The maximum Gasteiger partial charge on any atom is 0.411 e. The van der Waals surface area contributed by atoms with Gasteiger partial charge in [0, 0.05) is 12.1 Å². The molecular weight excluding hydrogens is 363 g/mol. The number of nitrogens with one attached hydrogen (secondary N) is 2. The average Bonchev–Trinajstić information content (AvgIpc) is 2.39. The molecule has 0 saturated heterocycles. The van der Waals surface area contributed by atoms with Gasteiger partial charge >= 0.3 is 6.09 Å². The van der Waals surface area contributed by atoms with Crippen LogP contribution in [-0.2, 0) is 4.74 Å². The van der Waals surface area contributed by atoms with Crippen LogP contribution >= 0.6 is 35.6 Å². The van der Waals surface area contributed by atoms with E-state index in [0.29, 0.717) is 12.1 Å². The van der Waals surface area contributed by atoms with Gasteiger partial charge in [0.1, 0.15) is 0 Å². The average molecular weight is 386 g/mol. The number of hydrogen-bond donors (Lipinski definition) is 3. The van der Waals surface area contributed by atoms with Gasteiger partial charge < -0.3 is 15.2 Å². The summed E-state index contributed by atoms with van der Waals surface area (Å²) in [7, 11) is 0. The number of amides is 1. The SMILES string of the molecule is CCOC(=O)Nc1c(Cl)cc(C(O)CNC(C)(C)C)cc1Cl.Cl. The van der Waals surface area contributed by atoms with Gasteiger partial charge in [0.25, 0.3) is 0 Å². The summed E-state index contributed by atoms with van der Waals surface area (Å²) < 4.78 is 4.78. The quantitative estimate of drug-likeness (QED) is 0.702. The third-order valence-electron chi connectivity index (χ3n) is 2.78. The van der Waals surface area contributed by atoms with Crippen molar-refractivity contribution in [2.24, 2.45) is 0 Å². The standard InChI is InChI=1S/C15H22Cl2N2O3.ClH/c1-5-22-14(21)19-13-10(16)6-9(7-11(13)17)12(20)8-18-15(2,3)4;/h6-7,12,18,20H,5,8H2,1-4H3,(H,19,21);1H. The molecule has 1 unspecified atom stereocenters. The highest BCUT2D eigenvalue weighted by atomic mass is 35.5. The van der Waals surface area contributed by atoms with Crippen molar-refractivity contribution >= 4 is 47.4 Å². The summed E-state index contributed by atoms with van der Waals surface area (Å²) in [6.45, 7) is 8.33. The molecule has 0 fully saturated rings. The molecule has 1 rings (SSSR count). The predicted octanol–water partition coefficient (Wildman–Crippen LogP) is 4.41. The van der Waals surface area contributed by atoms with Crippen molar-refractivity contribution in [1.29, 1.82) is 0 Å². The van der Waals surface area contributed by atoms with E-state index in [4.69, 9.17) is 27.9 Å². The lowest BCUT2D eigenvalue weighted by molar-refractivity contribution is 0.163. The van der Waals surface area contributed by atoms with Crippen LogP contribution in [0.15, 0.2) is 12.1 Å². The normalized spacial score (nSPS) is 12.3. The fourth-order valence-electron chi connectivity index (χ4n) is 1.69. The van der Waals surface area contributed by atoms with Crippen LogP contribution in [0.2, 0.25) is 10.0 Å². The van der Waals surface area contributed by atoms with Crippen LogP contribution in [0.25, 0.3) is 0 Å². The van der Waals surface area contributed by atoms with Gasteiger partial charge in [-0.1, -0.05) is 23.2 Å². The topological polar surface area (TPSA) is 70.6 Å². The minimum Gasteiger partial charge on any atom is -0.450 e. The Hall–Kier alpha value is -0.720. The van der Waals surface area contributed by atoms with E-state index in [2.05, 4.69) is 10.6 Å². The minimum atomic E-state index is -0.758. The van der Waals surface area contributed by atoms with Gasteiger partial charge in [-0.15, -0.1) is 12.4 Å². The van der Waals surface area contributed by atoms with Gasteiger partial charge in [-0.3, -0.25) is 5.32 Å². The number of carbonyl (C=O) groups excluding carboxylic acids is 1. The molecule has 1 amide bonds. The Morgan fingerprint density at radius 2 is 1.83 bits per heavy atom. The van der Waals surface area contributed by atoms with Crippen molar-refractivity contribution in [3.63, 3.8) is 0 Å².